The molecule has 2 heterocycles. The van der Waals surface area contributed by atoms with Crippen LogP contribution < -0.4 is 19.5 Å². The molecule has 3 aromatic carbocycles. The monoisotopic (exact) mass is 471 g/mol. The number of methoxy groups -OCH3 is 2. The highest BCUT2D eigenvalue weighted by atomic mass is 16.5. The molecule has 0 radical (unpaired) electrons. The van der Waals surface area contributed by atoms with Crippen molar-refractivity contribution in [1.29, 1.82) is 0 Å². The maximum Gasteiger partial charge on any atom is 0.322 e. The van der Waals surface area contributed by atoms with Crippen molar-refractivity contribution in [2.24, 2.45) is 0 Å². The van der Waals surface area contributed by atoms with Gasteiger partial charge in [-0.2, -0.15) is 0 Å². The Morgan fingerprint density at radius 2 is 1.77 bits per heavy atom. The second kappa shape index (κ2) is 9.62. The van der Waals surface area contributed by atoms with Gasteiger partial charge in [0.05, 0.1) is 32.6 Å². The first kappa shape index (κ1) is 22.7. The largest absolute Gasteiger partial charge is 0.497 e. The maximum absolute atomic E-state index is 13.7. The smallest absolute Gasteiger partial charge is 0.322 e. The van der Waals surface area contributed by atoms with Crippen molar-refractivity contribution in [2.45, 2.75) is 19.4 Å². The van der Waals surface area contributed by atoms with E-state index in [0.717, 1.165) is 40.1 Å². The molecule has 0 unspecified atom stereocenters. The van der Waals surface area contributed by atoms with Crippen molar-refractivity contribution < 1.29 is 19.0 Å². The minimum atomic E-state index is -0.290. The number of hydrogen-bond acceptors (Lipinski definition) is 4. The van der Waals surface area contributed by atoms with E-state index in [9.17, 15) is 4.79 Å². The quantitative estimate of drug-likeness (QED) is 0.375. The Balaban J connectivity index is 1.56. The van der Waals surface area contributed by atoms with E-state index in [2.05, 4.69) is 16.4 Å². The number of anilines is 1. The van der Waals surface area contributed by atoms with Crippen LogP contribution in [0, 0.1) is 0 Å². The Labute approximate surface area is 204 Å². The summed E-state index contributed by atoms with van der Waals surface area (Å²) in [5.41, 5.74) is 4.90. The van der Waals surface area contributed by atoms with Gasteiger partial charge < -0.3 is 29.4 Å². The number of para-hydroxylation sites is 2. The number of urea groups is 1. The number of amides is 2. The molecule has 2 N–H and O–H groups in total. The van der Waals surface area contributed by atoms with Gasteiger partial charge in [0.25, 0.3) is 0 Å². The minimum absolute atomic E-state index is 0.181. The standard InChI is InChI=1S/C28H29N3O4/c1-4-35-25-8-6-5-7-24(25)30-28(32)31-16-15-21-22-17-20(34-3)13-14-23(22)29-26(21)27(31)18-9-11-19(33-2)12-10-18/h5-14,17,27,29H,4,15-16H2,1-3H3,(H,30,32)/t27-/m1/s1. The number of nitrogens with zero attached hydrogens (tertiary/aromatic N) is 1. The number of nitrogens with one attached hydrogen (secondary N) is 2. The third-order valence-electron chi connectivity index (χ3n) is 6.46. The molecular weight excluding hydrogens is 442 g/mol. The van der Waals surface area contributed by atoms with Gasteiger partial charge in [-0.1, -0.05) is 24.3 Å². The Morgan fingerprint density at radius 1 is 1.03 bits per heavy atom. The third-order valence-corrected chi connectivity index (χ3v) is 6.46. The maximum atomic E-state index is 13.7. The molecule has 1 atom stereocenters. The number of carbonyl (C=O) groups is 1. The minimum Gasteiger partial charge on any atom is -0.497 e. The lowest BCUT2D eigenvalue weighted by Crippen LogP contribution is -2.43. The average molecular weight is 472 g/mol. The van der Waals surface area contributed by atoms with Gasteiger partial charge in [0.1, 0.15) is 17.2 Å². The van der Waals surface area contributed by atoms with Crippen LogP contribution >= 0.6 is 0 Å². The zero-order chi connectivity index (χ0) is 24.4. The highest BCUT2D eigenvalue weighted by Crippen LogP contribution is 2.40. The molecule has 7 heteroatoms. The fraction of sp³-hybridized carbons (Fsp3) is 0.250. The van der Waals surface area contributed by atoms with Crippen LogP contribution in [0.5, 0.6) is 17.2 Å². The van der Waals surface area contributed by atoms with Gasteiger partial charge >= 0.3 is 6.03 Å². The molecule has 4 aromatic rings. The lowest BCUT2D eigenvalue weighted by Gasteiger charge is -2.36. The number of aromatic nitrogens is 1. The summed E-state index contributed by atoms with van der Waals surface area (Å²) < 4.78 is 16.5. The van der Waals surface area contributed by atoms with E-state index in [1.165, 1.54) is 5.56 Å². The fourth-order valence-electron chi connectivity index (χ4n) is 4.78. The summed E-state index contributed by atoms with van der Waals surface area (Å²) in [5.74, 6) is 2.24. The SMILES string of the molecule is CCOc1ccccc1NC(=O)N1CCc2c([nH]c3ccc(OC)cc23)[C@H]1c1ccc(OC)cc1. The van der Waals surface area contributed by atoms with Gasteiger partial charge in [-0.3, -0.25) is 0 Å². The molecule has 5 rings (SSSR count). The zero-order valence-electron chi connectivity index (χ0n) is 20.1. The molecule has 180 valence electrons. The summed E-state index contributed by atoms with van der Waals surface area (Å²) in [6.45, 7) is 3.01. The number of benzene rings is 3. The normalized spacial score (nSPS) is 14.9. The summed E-state index contributed by atoms with van der Waals surface area (Å²) in [5, 5.41) is 4.20. The molecule has 0 saturated carbocycles. The lowest BCUT2D eigenvalue weighted by molar-refractivity contribution is 0.193. The highest BCUT2D eigenvalue weighted by Gasteiger charge is 2.35. The van der Waals surface area contributed by atoms with Crippen LogP contribution in [0.2, 0.25) is 0 Å². The fourth-order valence-corrected chi connectivity index (χ4v) is 4.78. The Bertz CT molecular complexity index is 1350. The molecule has 1 aliphatic heterocycles. The van der Waals surface area contributed by atoms with Crippen molar-refractivity contribution in [3.8, 4) is 17.2 Å². The molecule has 35 heavy (non-hydrogen) atoms. The number of carbonyl (C=O) groups excluding carboxylic acids is 1. The molecule has 1 aliphatic rings. The Hall–Kier alpha value is -4.13. The molecule has 1 aromatic heterocycles. The zero-order valence-corrected chi connectivity index (χ0v) is 20.1. The van der Waals surface area contributed by atoms with Crippen molar-refractivity contribution in [3.05, 3.63) is 83.6 Å². The van der Waals surface area contributed by atoms with E-state index < -0.39 is 0 Å². The van der Waals surface area contributed by atoms with Crippen LogP contribution in [-0.2, 0) is 6.42 Å². The van der Waals surface area contributed by atoms with Gasteiger partial charge in [-0.15, -0.1) is 0 Å². The number of hydrogen-bond donors (Lipinski definition) is 2. The summed E-state index contributed by atoms with van der Waals surface area (Å²) >= 11 is 0. The van der Waals surface area contributed by atoms with Gasteiger partial charge in [0, 0.05) is 23.1 Å². The molecule has 0 aliphatic carbocycles. The predicted octanol–water partition coefficient (Wildman–Crippen LogP) is 5.76. The third kappa shape index (κ3) is 4.25. The van der Waals surface area contributed by atoms with Crippen molar-refractivity contribution in [3.63, 3.8) is 0 Å². The van der Waals surface area contributed by atoms with Crippen LogP contribution in [0.4, 0.5) is 10.5 Å². The van der Waals surface area contributed by atoms with E-state index in [1.807, 2.05) is 72.5 Å². The first-order chi connectivity index (χ1) is 17.1. The number of H-pyrrole nitrogens is 1. The summed E-state index contributed by atoms with van der Waals surface area (Å²) in [4.78, 5) is 19.1. The van der Waals surface area contributed by atoms with Crippen LogP contribution in [0.1, 0.15) is 29.8 Å². The van der Waals surface area contributed by atoms with Crippen molar-refractivity contribution >= 4 is 22.6 Å². The van der Waals surface area contributed by atoms with Gasteiger partial charge in [-0.25, -0.2) is 4.79 Å². The molecule has 0 bridgehead atoms. The van der Waals surface area contributed by atoms with Gasteiger partial charge in [-0.05, 0) is 66.9 Å². The summed E-state index contributed by atoms with van der Waals surface area (Å²) in [6.07, 6.45) is 0.732. The van der Waals surface area contributed by atoms with Crippen LogP contribution in [-0.4, -0.2) is 43.3 Å². The van der Waals surface area contributed by atoms with Crippen LogP contribution in [0.25, 0.3) is 10.9 Å². The van der Waals surface area contributed by atoms with E-state index >= 15 is 0 Å². The van der Waals surface area contributed by atoms with Crippen molar-refractivity contribution in [1.82, 2.24) is 9.88 Å². The Morgan fingerprint density at radius 3 is 2.51 bits per heavy atom. The first-order valence-electron chi connectivity index (χ1n) is 11.7. The molecule has 2 amide bonds. The molecule has 7 nitrogen and oxygen atoms in total. The second-order valence-electron chi connectivity index (χ2n) is 8.41. The molecular formula is C28H29N3O4. The number of aromatic amines is 1. The number of fused-ring (bicyclic) bond motifs is 3. The number of rotatable bonds is 6. The highest BCUT2D eigenvalue weighted by molar-refractivity contribution is 5.93. The van der Waals surface area contributed by atoms with E-state index in [1.54, 1.807) is 14.2 Å². The van der Waals surface area contributed by atoms with Gasteiger partial charge in [0.2, 0.25) is 0 Å². The first-order valence-corrected chi connectivity index (χ1v) is 11.7. The van der Waals surface area contributed by atoms with Crippen LogP contribution in [0.3, 0.4) is 0 Å². The lowest BCUT2D eigenvalue weighted by atomic mass is 9.92. The van der Waals surface area contributed by atoms with Crippen LogP contribution in [0.15, 0.2) is 66.7 Å². The summed E-state index contributed by atoms with van der Waals surface area (Å²) in [6, 6.07) is 20.9. The Kier molecular flexibility index (Phi) is 6.23. The average Bonchev–Trinajstić information content (AvgIpc) is 3.27. The van der Waals surface area contributed by atoms with E-state index in [-0.39, 0.29) is 12.1 Å². The van der Waals surface area contributed by atoms with E-state index in [4.69, 9.17) is 14.2 Å². The molecule has 0 spiro atoms. The van der Waals surface area contributed by atoms with Crippen molar-refractivity contribution in [2.75, 3.05) is 32.7 Å². The molecule has 0 saturated heterocycles. The van der Waals surface area contributed by atoms with E-state index in [0.29, 0.717) is 24.6 Å². The number of ether oxygens (including phenoxy) is 3. The predicted molar refractivity (Wildman–Crippen MR) is 137 cm³/mol. The topological polar surface area (TPSA) is 75.8 Å². The second-order valence-corrected chi connectivity index (χ2v) is 8.41. The summed E-state index contributed by atoms with van der Waals surface area (Å²) in [7, 11) is 3.32. The van der Waals surface area contributed by atoms with Gasteiger partial charge in [0.15, 0.2) is 0 Å². The molecule has 0 fully saturated rings.